The second kappa shape index (κ2) is 37.1. The van der Waals surface area contributed by atoms with Gasteiger partial charge in [0.25, 0.3) is 0 Å². The van der Waals surface area contributed by atoms with Crippen LogP contribution < -0.4 is 4.74 Å². The third-order valence-electron chi connectivity index (χ3n) is 6.74. The van der Waals surface area contributed by atoms with E-state index in [4.69, 9.17) is 61.6 Å². The number of hydrogen-bond donors (Lipinski definition) is 0. The van der Waals surface area contributed by atoms with Crippen molar-refractivity contribution < 1.29 is 97.9 Å². The van der Waals surface area contributed by atoms with Crippen LogP contribution in [-0.2, 0) is 71.2 Å². The molecule has 0 fully saturated rings. The summed E-state index contributed by atoms with van der Waals surface area (Å²) in [6.45, 7) is 13.7. The van der Waals surface area contributed by atoms with Crippen molar-refractivity contribution in [3.63, 3.8) is 0 Å². The molecule has 0 spiro atoms. The number of ether oxygens (including phenoxy) is 14. The Hall–Kier alpha value is -2.93. The van der Waals surface area contributed by atoms with Gasteiger partial charge in [-0.1, -0.05) is 6.58 Å². The fraction of sp³-hybridized carbons (Fsp3) is 0.730. The Bertz CT molecular complexity index is 1200. The molecule has 21 heteroatoms. The van der Waals surface area contributed by atoms with Crippen molar-refractivity contribution in [1.82, 2.24) is 0 Å². The minimum absolute atomic E-state index is 0.0733. The molecule has 0 saturated carbocycles. The molecule has 0 aromatic heterocycles. The van der Waals surface area contributed by atoms with Gasteiger partial charge in [0, 0.05) is 5.57 Å². The lowest BCUT2D eigenvalue weighted by Gasteiger charge is -2.09. The highest BCUT2D eigenvalue weighted by Crippen LogP contribution is 2.29. The van der Waals surface area contributed by atoms with Gasteiger partial charge in [-0.2, -0.15) is 8.78 Å². The van der Waals surface area contributed by atoms with Crippen molar-refractivity contribution in [2.45, 2.75) is 13.3 Å². The number of halogens is 5. The van der Waals surface area contributed by atoms with Crippen LogP contribution in [-0.4, -0.2) is 177 Å². The average Bonchev–Trinajstić information content (AvgIpc) is 3.21. The van der Waals surface area contributed by atoms with Crippen molar-refractivity contribution in [1.29, 1.82) is 0 Å². The standard InChI is InChI=1S/C37H57F5O16/c1-29(2)37(44)57-28-27-56-26-25-55-24-23-54-22-21-53-20-19-52-18-17-51-16-15-50-14-13-49-12-11-48-10-9-47-8-7-46-6-5-45-4-3-30(43)58-36-34(41)32(39)31(38)33(40)35(36)42/h1,3-28H2,2H3. The summed E-state index contributed by atoms with van der Waals surface area (Å²) in [4.78, 5) is 22.9. The number of rotatable bonds is 41. The summed E-state index contributed by atoms with van der Waals surface area (Å²) in [5, 5.41) is 0. The predicted molar refractivity (Wildman–Crippen MR) is 192 cm³/mol. The number of carbonyl (C=O) groups is 2. The quantitative estimate of drug-likeness (QED) is 0.0180. The molecule has 0 amide bonds. The summed E-state index contributed by atoms with van der Waals surface area (Å²) in [6.07, 6.45) is -0.493. The molecule has 0 aliphatic heterocycles. The van der Waals surface area contributed by atoms with Gasteiger partial charge in [-0.05, 0) is 6.92 Å². The Morgan fingerprint density at radius 3 is 0.862 bits per heavy atom. The fourth-order valence-electron chi connectivity index (χ4n) is 3.83. The number of carbonyl (C=O) groups excluding carboxylic acids is 2. The molecule has 1 aromatic rings. The average molecular weight is 853 g/mol. The van der Waals surface area contributed by atoms with Crippen molar-refractivity contribution >= 4 is 11.9 Å². The van der Waals surface area contributed by atoms with Crippen LogP contribution in [0.1, 0.15) is 13.3 Å². The van der Waals surface area contributed by atoms with Crippen molar-refractivity contribution in [2.75, 3.05) is 165 Å². The summed E-state index contributed by atoms with van der Waals surface area (Å²) in [5.74, 6) is -14.6. The van der Waals surface area contributed by atoms with Gasteiger partial charge in [-0.3, -0.25) is 4.79 Å². The van der Waals surface area contributed by atoms with Crippen LogP contribution in [0.15, 0.2) is 12.2 Å². The molecular weight excluding hydrogens is 795 g/mol. The van der Waals surface area contributed by atoms with E-state index < -0.39 is 53.2 Å². The van der Waals surface area contributed by atoms with Crippen molar-refractivity contribution in [3.8, 4) is 5.75 Å². The maximum atomic E-state index is 13.6. The van der Waals surface area contributed by atoms with E-state index in [1.807, 2.05) is 0 Å². The zero-order valence-electron chi connectivity index (χ0n) is 33.0. The molecule has 0 atom stereocenters. The monoisotopic (exact) mass is 852 g/mol. The number of benzene rings is 1. The molecule has 0 radical (unpaired) electrons. The lowest BCUT2D eigenvalue weighted by molar-refractivity contribution is -0.140. The van der Waals surface area contributed by atoms with Crippen LogP contribution in [0.2, 0.25) is 0 Å². The van der Waals surface area contributed by atoms with Crippen LogP contribution >= 0.6 is 0 Å². The predicted octanol–water partition coefficient (Wildman–Crippen LogP) is 3.00. The highest BCUT2D eigenvalue weighted by Gasteiger charge is 2.28. The van der Waals surface area contributed by atoms with E-state index in [0.717, 1.165) is 0 Å². The Morgan fingerprint density at radius 1 is 0.379 bits per heavy atom. The third-order valence-corrected chi connectivity index (χ3v) is 6.74. The summed E-state index contributed by atoms with van der Waals surface area (Å²) in [7, 11) is 0. The van der Waals surface area contributed by atoms with Gasteiger partial charge >= 0.3 is 11.9 Å². The van der Waals surface area contributed by atoms with E-state index in [0.29, 0.717) is 138 Å². The van der Waals surface area contributed by atoms with E-state index in [2.05, 4.69) is 11.3 Å². The maximum absolute atomic E-state index is 13.6. The van der Waals surface area contributed by atoms with Gasteiger partial charge in [-0.15, -0.1) is 0 Å². The first kappa shape index (κ1) is 53.1. The summed E-state index contributed by atoms with van der Waals surface area (Å²) in [5.41, 5.74) is 0.352. The molecule has 16 nitrogen and oxygen atoms in total. The Labute approximate surface area is 335 Å². The van der Waals surface area contributed by atoms with E-state index in [-0.39, 0.29) is 33.0 Å². The first-order valence-electron chi connectivity index (χ1n) is 18.6. The van der Waals surface area contributed by atoms with Gasteiger partial charge in [0.15, 0.2) is 0 Å². The van der Waals surface area contributed by atoms with Gasteiger partial charge < -0.3 is 66.3 Å². The minimum Gasteiger partial charge on any atom is -0.460 e. The number of hydrogen-bond acceptors (Lipinski definition) is 16. The van der Waals surface area contributed by atoms with E-state index >= 15 is 0 Å². The first-order valence-corrected chi connectivity index (χ1v) is 18.6. The normalized spacial score (nSPS) is 11.3. The van der Waals surface area contributed by atoms with E-state index in [1.54, 1.807) is 6.92 Å². The minimum atomic E-state index is -2.35. The Morgan fingerprint density at radius 2 is 0.603 bits per heavy atom. The molecule has 0 heterocycles. The van der Waals surface area contributed by atoms with Crippen LogP contribution in [0, 0.1) is 29.1 Å². The smallest absolute Gasteiger partial charge is 0.333 e. The zero-order valence-corrected chi connectivity index (χ0v) is 33.0. The van der Waals surface area contributed by atoms with Crippen LogP contribution in [0.3, 0.4) is 0 Å². The highest BCUT2D eigenvalue weighted by molar-refractivity contribution is 5.86. The molecule has 0 unspecified atom stereocenters. The molecule has 0 aliphatic carbocycles. The highest BCUT2D eigenvalue weighted by atomic mass is 19.2. The second-order valence-corrected chi connectivity index (χ2v) is 11.4. The molecule has 336 valence electrons. The fourth-order valence-corrected chi connectivity index (χ4v) is 3.83. The van der Waals surface area contributed by atoms with Gasteiger partial charge in [0.2, 0.25) is 34.8 Å². The molecular formula is C37H57F5O16. The lowest BCUT2D eigenvalue weighted by Crippen LogP contribution is -2.16. The summed E-state index contributed by atoms with van der Waals surface area (Å²) in [6, 6.07) is 0. The molecule has 1 rings (SSSR count). The molecule has 0 aliphatic rings. The van der Waals surface area contributed by atoms with Gasteiger partial charge in [0.1, 0.15) is 6.61 Å². The van der Waals surface area contributed by atoms with Crippen molar-refractivity contribution in [3.05, 3.63) is 41.2 Å². The van der Waals surface area contributed by atoms with Gasteiger partial charge in [-0.25, -0.2) is 18.0 Å². The zero-order chi connectivity index (χ0) is 42.5. The largest absolute Gasteiger partial charge is 0.460 e. The third kappa shape index (κ3) is 28.5. The Balaban J connectivity index is 1.71. The SMILES string of the molecule is C=C(C)C(=O)OCCOCCOCCOCCOCCOCCOCCOCCOCCOCCOCCOCCOCCC(=O)Oc1c(F)c(F)c(F)c(F)c1F. The summed E-state index contributed by atoms with van der Waals surface area (Å²) < 4.78 is 140. The molecule has 0 bridgehead atoms. The molecule has 0 N–H and O–H groups in total. The maximum Gasteiger partial charge on any atom is 0.333 e. The lowest BCUT2D eigenvalue weighted by atomic mass is 10.2. The van der Waals surface area contributed by atoms with Crippen molar-refractivity contribution in [2.24, 2.45) is 0 Å². The summed E-state index contributed by atoms with van der Waals surface area (Å²) >= 11 is 0. The second-order valence-electron chi connectivity index (χ2n) is 11.4. The van der Waals surface area contributed by atoms with E-state index in [1.165, 1.54) is 0 Å². The Kier molecular flexibility index (Phi) is 34.0. The number of esters is 2. The molecule has 58 heavy (non-hydrogen) atoms. The van der Waals surface area contributed by atoms with Gasteiger partial charge in [0.05, 0.1) is 165 Å². The van der Waals surface area contributed by atoms with Crippen LogP contribution in [0.25, 0.3) is 0 Å². The topological polar surface area (TPSA) is 163 Å². The van der Waals surface area contributed by atoms with E-state index in [9.17, 15) is 31.5 Å². The molecule has 0 saturated heterocycles. The molecule has 1 aromatic carbocycles. The van der Waals surface area contributed by atoms with Crippen LogP contribution in [0.5, 0.6) is 5.75 Å². The van der Waals surface area contributed by atoms with Crippen LogP contribution in [0.4, 0.5) is 22.0 Å². The first-order chi connectivity index (χ1) is 28.2.